The Balaban J connectivity index is 4.00. The Morgan fingerprint density at radius 3 is 2.39 bits per heavy atom. The van der Waals surface area contributed by atoms with Crippen molar-refractivity contribution < 1.29 is 19.1 Å². The van der Waals surface area contributed by atoms with Crippen LogP contribution in [0.4, 0.5) is 0 Å². The molecule has 18 heavy (non-hydrogen) atoms. The summed E-state index contributed by atoms with van der Waals surface area (Å²) in [7, 11) is 2.96. The molecule has 0 aromatic heterocycles. The van der Waals surface area contributed by atoms with Gasteiger partial charge in [0, 0.05) is 26.3 Å². The molecule has 0 fully saturated rings. The van der Waals surface area contributed by atoms with Gasteiger partial charge in [0.2, 0.25) is 5.91 Å². The van der Waals surface area contributed by atoms with Crippen molar-refractivity contribution in [1.29, 1.82) is 0 Å². The first-order chi connectivity index (χ1) is 8.51. The van der Waals surface area contributed by atoms with Gasteiger partial charge in [0.1, 0.15) is 0 Å². The van der Waals surface area contributed by atoms with Crippen LogP contribution in [-0.4, -0.2) is 63.3 Å². The van der Waals surface area contributed by atoms with Gasteiger partial charge in [-0.15, -0.1) is 0 Å². The molecular formula is C12H24N2O4. The third kappa shape index (κ3) is 8.03. The molecule has 6 nitrogen and oxygen atoms in total. The minimum atomic E-state index is -0.337. The van der Waals surface area contributed by atoms with Crippen LogP contribution < -0.4 is 5.32 Å². The number of carbonyl (C=O) groups is 2. The van der Waals surface area contributed by atoms with Gasteiger partial charge in [-0.3, -0.25) is 14.5 Å². The number of hydrogen-bond acceptors (Lipinski definition) is 5. The van der Waals surface area contributed by atoms with Crippen molar-refractivity contribution in [2.45, 2.75) is 26.3 Å². The van der Waals surface area contributed by atoms with Gasteiger partial charge in [0.25, 0.3) is 0 Å². The summed E-state index contributed by atoms with van der Waals surface area (Å²) in [6.07, 6.45) is 0.779. The molecule has 0 atom stereocenters. The highest BCUT2D eigenvalue weighted by Gasteiger charge is 2.17. The summed E-state index contributed by atoms with van der Waals surface area (Å²) in [5.74, 6) is -0.431. The Hall–Kier alpha value is -1.14. The van der Waals surface area contributed by atoms with E-state index in [1.165, 1.54) is 7.11 Å². The van der Waals surface area contributed by atoms with Crippen LogP contribution in [0.1, 0.15) is 20.3 Å². The number of nitrogens with one attached hydrogen (secondary N) is 1. The molecule has 0 bridgehead atoms. The lowest BCUT2D eigenvalue weighted by Crippen LogP contribution is -2.43. The summed E-state index contributed by atoms with van der Waals surface area (Å²) < 4.78 is 9.48. The van der Waals surface area contributed by atoms with Crippen molar-refractivity contribution in [3.05, 3.63) is 0 Å². The van der Waals surface area contributed by atoms with Gasteiger partial charge in [-0.1, -0.05) is 0 Å². The predicted molar refractivity (Wildman–Crippen MR) is 68.2 cm³/mol. The first-order valence-electron chi connectivity index (χ1n) is 6.07. The highest BCUT2D eigenvalue weighted by Crippen LogP contribution is 1.98. The molecule has 106 valence electrons. The fourth-order valence-corrected chi connectivity index (χ4v) is 1.34. The summed E-state index contributed by atoms with van der Waals surface area (Å²) in [6.45, 7) is 5.38. The maximum atomic E-state index is 11.6. The molecule has 1 N–H and O–H groups in total. The van der Waals surface area contributed by atoms with Gasteiger partial charge < -0.3 is 14.8 Å². The zero-order valence-electron chi connectivity index (χ0n) is 11.7. The molecule has 0 saturated heterocycles. The summed E-state index contributed by atoms with van der Waals surface area (Å²) in [5.41, 5.74) is 0. The molecule has 0 unspecified atom stereocenters. The molecule has 1 amide bonds. The lowest BCUT2D eigenvalue weighted by atomic mass is 10.3. The number of carbonyl (C=O) groups excluding carboxylic acids is 2. The van der Waals surface area contributed by atoms with Crippen LogP contribution in [0.25, 0.3) is 0 Å². The predicted octanol–water partition coefficient (Wildman–Crippen LogP) is 0.0225. The molecule has 0 rings (SSSR count). The first-order valence-corrected chi connectivity index (χ1v) is 6.07. The fraction of sp³-hybridized carbons (Fsp3) is 0.833. The van der Waals surface area contributed by atoms with Crippen LogP contribution in [0.5, 0.6) is 0 Å². The Morgan fingerprint density at radius 2 is 1.89 bits per heavy atom. The van der Waals surface area contributed by atoms with Crippen LogP contribution in [-0.2, 0) is 19.1 Å². The largest absolute Gasteiger partial charge is 0.468 e. The van der Waals surface area contributed by atoms with Gasteiger partial charge in [-0.25, -0.2) is 0 Å². The second kappa shape index (κ2) is 9.85. The normalized spacial score (nSPS) is 10.8. The number of nitrogens with zero attached hydrogens (tertiary/aromatic N) is 1. The van der Waals surface area contributed by atoms with Gasteiger partial charge in [0.05, 0.1) is 20.2 Å². The van der Waals surface area contributed by atoms with E-state index in [1.807, 2.05) is 13.8 Å². The van der Waals surface area contributed by atoms with Crippen molar-refractivity contribution >= 4 is 11.9 Å². The average Bonchev–Trinajstić information content (AvgIpc) is 2.33. The molecule has 0 saturated carbocycles. The van der Waals surface area contributed by atoms with Crippen molar-refractivity contribution in [2.75, 3.05) is 40.5 Å². The summed E-state index contributed by atoms with van der Waals surface area (Å²) in [5, 5.41) is 2.78. The van der Waals surface area contributed by atoms with Crippen LogP contribution in [0.3, 0.4) is 0 Å². The van der Waals surface area contributed by atoms with E-state index < -0.39 is 0 Å². The number of hydrogen-bond donors (Lipinski definition) is 1. The Kier molecular flexibility index (Phi) is 9.22. The molecule has 6 heteroatoms. The number of esters is 1. The maximum Gasteiger partial charge on any atom is 0.319 e. The van der Waals surface area contributed by atoms with Gasteiger partial charge in [-0.05, 0) is 20.3 Å². The molecular weight excluding hydrogens is 236 g/mol. The highest BCUT2D eigenvalue weighted by atomic mass is 16.5. The second-order valence-corrected chi connectivity index (χ2v) is 4.27. The number of rotatable bonds is 9. The molecule has 0 spiro atoms. The molecule has 0 aromatic rings. The Bertz CT molecular complexity index is 256. The topological polar surface area (TPSA) is 67.9 Å². The Morgan fingerprint density at radius 1 is 1.22 bits per heavy atom. The number of ether oxygens (including phenoxy) is 2. The number of methoxy groups -OCH3 is 2. The average molecular weight is 260 g/mol. The molecule has 0 aliphatic heterocycles. The Labute approximate surface area is 109 Å². The summed E-state index contributed by atoms with van der Waals surface area (Å²) >= 11 is 0. The van der Waals surface area contributed by atoms with Crippen LogP contribution >= 0.6 is 0 Å². The smallest absolute Gasteiger partial charge is 0.319 e. The molecule has 0 heterocycles. The van der Waals surface area contributed by atoms with Crippen molar-refractivity contribution in [2.24, 2.45) is 0 Å². The van der Waals surface area contributed by atoms with Gasteiger partial charge in [-0.2, -0.15) is 0 Å². The highest BCUT2D eigenvalue weighted by molar-refractivity contribution is 5.79. The zero-order valence-corrected chi connectivity index (χ0v) is 11.7. The van der Waals surface area contributed by atoms with E-state index in [0.29, 0.717) is 13.2 Å². The zero-order chi connectivity index (χ0) is 14.0. The lowest BCUT2D eigenvalue weighted by Gasteiger charge is -2.24. The SMILES string of the molecule is COCCCNC(=O)CN(CC(=O)OC)C(C)C. The minimum absolute atomic E-state index is 0.0938. The summed E-state index contributed by atoms with van der Waals surface area (Å²) in [6, 6.07) is 0.105. The van der Waals surface area contributed by atoms with Gasteiger partial charge in [0.15, 0.2) is 0 Å². The van der Waals surface area contributed by atoms with Crippen molar-refractivity contribution in [3.63, 3.8) is 0 Å². The van der Waals surface area contributed by atoms with E-state index in [0.717, 1.165) is 6.42 Å². The third-order valence-corrected chi connectivity index (χ3v) is 2.48. The lowest BCUT2D eigenvalue weighted by molar-refractivity contribution is -0.142. The van der Waals surface area contributed by atoms with Crippen molar-refractivity contribution in [1.82, 2.24) is 10.2 Å². The van der Waals surface area contributed by atoms with E-state index in [1.54, 1.807) is 12.0 Å². The monoisotopic (exact) mass is 260 g/mol. The van der Waals surface area contributed by atoms with E-state index in [9.17, 15) is 9.59 Å². The van der Waals surface area contributed by atoms with E-state index >= 15 is 0 Å². The van der Waals surface area contributed by atoms with Crippen LogP contribution in [0, 0.1) is 0 Å². The summed E-state index contributed by atoms with van der Waals surface area (Å²) in [4.78, 5) is 24.6. The third-order valence-electron chi connectivity index (χ3n) is 2.48. The van der Waals surface area contributed by atoms with Gasteiger partial charge >= 0.3 is 5.97 Å². The van der Waals surface area contributed by atoms with E-state index in [-0.39, 0.29) is 31.0 Å². The maximum absolute atomic E-state index is 11.6. The standard InChI is InChI=1S/C12H24N2O4/c1-10(2)14(9-12(16)18-4)8-11(15)13-6-5-7-17-3/h10H,5-9H2,1-4H3,(H,13,15). The van der Waals surface area contributed by atoms with Crippen LogP contribution in [0.15, 0.2) is 0 Å². The number of amides is 1. The second-order valence-electron chi connectivity index (χ2n) is 4.27. The molecule has 0 aliphatic rings. The van der Waals surface area contributed by atoms with E-state index in [2.05, 4.69) is 10.1 Å². The minimum Gasteiger partial charge on any atom is -0.468 e. The fourth-order valence-electron chi connectivity index (χ4n) is 1.34. The molecule has 0 aromatic carbocycles. The van der Waals surface area contributed by atoms with Crippen molar-refractivity contribution in [3.8, 4) is 0 Å². The molecule has 0 aliphatic carbocycles. The first kappa shape index (κ1) is 16.9. The quantitative estimate of drug-likeness (QED) is 0.468. The van der Waals surface area contributed by atoms with Crippen LogP contribution in [0.2, 0.25) is 0 Å². The molecule has 0 radical (unpaired) electrons. The van der Waals surface area contributed by atoms with E-state index in [4.69, 9.17) is 4.74 Å².